The Labute approximate surface area is 120 Å². The summed E-state index contributed by atoms with van der Waals surface area (Å²) in [7, 11) is 1.65. The molecule has 1 aromatic carbocycles. The summed E-state index contributed by atoms with van der Waals surface area (Å²) in [6.45, 7) is 5.25. The Morgan fingerprint density at radius 2 is 2.00 bits per heavy atom. The first kappa shape index (κ1) is 16.9. The van der Waals surface area contributed by atoms with Gasteiger partial charge in [-0.1, -0.05) is 18.2 Å². The van der Waals surface area contributed by atoms with Gasteiger partial charge in [0.2, 0.25) is 0 Å². The first-order chi connectivity index (χ1) is 9.74. The van der Waals surface area contributed by atoms with Crippen LogP contribution in [0.1, 0.15) is 5.56 Å². The van der Waals surface area contributed by atoms with Crippen LogP contribution >= 0.6 is 0 Å². The number of aliphatic hydroxyl groups excluding tert-OH is 1. The molecular formula is C15H25NO4. The molecule has 0 aliphatic rings. The second-order valence-electron chi connectivity index (χ2n) is 4.54. The number of hydrogen-bond acceptors (Lipinski definition) is 5. The average Bonchev–Trinajstić information content (AvgIpc) is 2.45. The molecule has 5 heteroatoms. The Bertz CT molecular complexity index is 359. The van der Waals surface area contributed by atoms with Gasteiger partial charge in [0.1, 0.15) is 18.5 Å². The van der Waals surface area contributed by atoms with Crippen molar-refractivity contribution >= 4 is 0 Å². The number of aryl methyl sites for hydroxylation is 1. The standard InChI is InChI=1S/C15H25NO4/c1-13-5-3-4-6-15(13)20-12-14(17)11-16-7-8-19-10-9-18-2/h3-6,14,16-17H,7-12H2,1-2H3. The highest BCUT2D eigenvalue weighted by molar-refractivity contribution is 5.31. The molecule has 1 unspecified atom stereocenters. The molecule has 2 N–H and O–H groups in total. The number of ether oxygens (including phenoxy) is 3. The minimum absolute atomic E-state index is 0.280. The molecule has 1 atom stereocenters. The van der Waals surface area contributed by atoms with Crippen molar-refractivity contribution in [3.8, 4) is 5.75 Å². The summed E-state index contributed by atoms with van der Waals surface area (Å²) in [5.41, 5.74) is 1.07. The topological polar surface area (TPSA) is 60.0 Å². The molecular weight excluding hydrogens is 258 g/mol. The van der Waals surface area contributed by atoms with Gasteiger partial charge in [0, 0.05) is 20.2 Å². The lowest BCUT2D eigenvalue weighted by Gasteiger charge is -2.14. The zero-order valence-corrected chi connectivity index (χ0v) is 12.3. The van der Waals surface area contributed by atoms with E-state index in [2.05, 4.69) is 5.32 Å². The summed E-state index contributed by atoms with van der Waals surface area (Å²) in [5, 5.41) is 12.9. The quantitative estimate of drug-likeness (QED) is 0.593. The van der Waals surface area contributed by atoms with E-state index in [1.807, 2.05) is 31.2 Å². The van der Waals surface area contributed by atoms with Crippen LogP contribution in [-0.2, 0) is 9.47 Å². The summed E-state index contributed by atoms with van der Waals surface area (Å²) in [4.78, 5) is 0. The lowest BCUT2D eigenvalue weighted by molar-refractivity contribution is 0.0679. The minimum atomic E-state index is -0.534. The van der Waals surface area contributed by atoms with E-state index in [-0.39, 0.29) is 6.61 Å². The molecule has 5 nitrogen and oxygen atoms in total. The molecule has 0 saturated carbocycles. The highest BCUT2D eigenvalue weighted by atomic mass is 16.5. The summed E-state index contributed by atoms with van der Waals surface area (Å²) < 4.78 is 15.7. The first-order valence-corrected chi connectivity index (χ1v) is 6.88. The molecule has 0 fully saturated rings. The van der Waals surface area contributed by atoms with Gasteiger partial charge >= 0.3 is 0 Å². The van der Waals surface area contributed by atoms with E-state index in [1.54, 1.807) is 7.11 Å². The fourth-order valence-electron chi connectivity index (χ4n) is 1.62. The van der Waals surface area contributed by atoms with Crippen LogP contribution in [0.4, 0.5) is 0 Å². The Morgan fingerprint density at radius 1 is 1.20 bits per heavy atom. The van der Waals surface area contributed by atoms with Crippen LogP contribution in [-0.4, -0.2) is 57.8 Å². The Hall–Kier alpha value is -1.14. The second kappa shape index (κ2) is 10.6. The average molecular weight is 283 g/mol. The fraction of sp³-hybridized carbons (Fsp3) is 0.600. The maximum atomic E-state index is 9.79. The van der Waals surface area contributed by atoms with Crippen LogP contribution in [0.5, 0.6) is 5.75 Å². The van der Waals surface area contributed by atoms with Crippen LogP contribution in [0, 0.1) is 6.92 Å². The Kier molecular flexibility index (Phi) is 8.98. The molecule has 0 spiro atoms. The van der Waals surface area contributed by atoms with Crippen molar-refractivity contribution in [2.45, 2.75) is 13.0 Å². The second-order valence-corrected chi connectivity index (χ2v) is 4.54. The molecule has 0 aliphatic carbocycles. The van der Waals surface area contributed by atoms with Crippen LogP contribution < -0.4 is 10.1 Å². The zero-order valence-electron chi connectivity index (χ0n) is 12.3. The highest BCUT2D eigenvalue weighted by Crippen LogP contribution is 2.16. The van der Waals surface area contributed by atoms with Gasteiger partial charge in [-0.2, -0.15) is 0 Å². The van der Waals surface area contributed by atoms with E-state index in [0.29, 0.717) is 32.9 Å². The number of para-hydroxylation sites is 1. The van der Waals surface area contributed by atoms with Crippen molar-refractivity contribution in [3.63, 3.8) is 0 Å². The zero-order chi connectivity index (χ0) is 14.6. The van der Waals surface area contributed by atoms with Gasteiger partial charge in [0.05, 0.1) is 19.8 Å². The van der Waals surface area contributed by atoms with Crippen molar-refractivity contribution in [1.82, 2.24) is 5.32 Å². The van der Waals surface area contributed by atoms with E-state index in [0.717, 1.165) is 11.3 Å². The SMILES string of the molecule is COCCOCCNCC(O)COc1ccccc1C. The monoisotopic (exact) mass is 283 g/mol. The molecule has 1 rings (SSSR count). The predicted octanol–water partition coefficient (Wildman–Crippen LogP) is 0.987. The molecule has 0 radical (unpaired) electrons. The third-order valence-electron chi connectivity index (χ3n) is 2.76. The number of aliphatic hydroxyl groups is 1. The van der Waals surface area contributed by atoms with Gasteiger partial charge < -0.3 is 24.6 Å². The van der Waals surface area contributed by atoms with Crippen molar-refractivity contribution in [2.24, 2.45) is 0 Å². The first-order valence-electron chi connectivity index (χ1n) is 6.88. The fourth-order valence-corrected chi connectivity index (χ4v) is 1.62. The van der Waals surface area contributed by atoms with Gasteiger partial charge in [0.15, 0.2) is 0 Å². The molecule has 0 bridgehead atoms. The van der Waals surface area contributed by atoms with Crippen molar-refractivity contribution in [2.75, 3.05) is 46.6 Å². The maximum absolute atomic E-state index is 9.79. The predicted molar refractivity (Wildman–Crippen MR) is 78.2 cm³/mol. The van der Waals surface area contributed by atoms with E-state index < -0.39 is 6.10 Å². The van der Waals surface area contributed by atoms with Gasteiger partial charge in [-0.3, -0.25) is 0 Å². The minimum Gasteiger partial charge on any atom is -0.491 e. The van der Waals surface area contributed by atoms with Crippen LogP contribution in [0.2, 0.25) is 0 Å². The van der Waals surface area contributed by atoms with Gasteiger partial charge in [-0.05, 0) is 18.6 Å². The normalized spacial score (nSPS) is 12.3. The molecule has 1 aromatic rings. The van der Waals surface area contributed by atoms with E-state index in [1.165, 1.54) is 0 Å². The molecule has 0 heterocycles. The lowest BCUT2D eigenvalue weighted by Crippen LogP contribution is -2.33. The summed E-state index contributed by atoms with van der Waals surface area (Å²) in [6, 6.07) is 7.77. The Balaban J connectivity index is 2.03. The molecule has 0 saturated heterocycles. The number of methoxy groups -OCH3 is 1. The van der Waals surface area contributed by atoms with Crippen LogP contribution in [0.3, 0.4) is 0 Å². The maximum Gasteiger partial charge on any atom is 0.122 e. The largest absolute Gasteiger partial charge is 0.491 e. The third-order valence-corrected chi connectivity index (χ3v) is 2.76. The summed E-state index contributed by atoms with van der Waals surface area (Å²) in [5.74, 6) is 0.814. The van der Waals surface area contributed by atoms with Gasteiger partial charge in [-0.15, -0.1) is 0 Å². The lowest BCUT2D eigenvalue weighted by atomic mass is 10.2. The number of benzene rings is 1. The number of rotatable bonds is 11. The molecule has 0 amide bonds. The van der Waals surface area contributed by atoms with Crippen LogP contribution in [0.25, 0.3) is 0 Å². The molecule has 0 aromatic heterocycles. The number of nitrogens with one attached hydrogen (secondary N) is 1. The van der Waals surface area contributed by atoms with Crippen molar-refractivity contribution in [1.29, 1.82) is 0 Å². The third kappa shape index (κ3) is 7.45. The summed E-state index contributed by atoms with van der Waals surface area (Å²) >= 11 is 0. The number of hydrogen-bond donors (Lipinski definition) is 2. The molecule has 0 aliphatic heterocycles. The Morgan fingerprint density at radius 3 is 2.75 bits per heavy atom. The molecule has 20 heavy (non-hydrogen) atoms. The summed E-state index contributed by atoms with van der Waals surface area (Å²) in [6.07, 6.45) is -0.534. The van der Waals surface area contributed by atoms with Gasteiger partial charge in [0.25, 0.3) is 0 Å². The van der Waals surface area contributed by atoms with Crippen molar-refractivity contribution in [3.05, 3.63) is 29.8 Å². The highest BCUT2D eigenvalue weighted by Gasteiger charge is 2.05. The van der Waals surface area contributed by atoms with E-state index >= 15 is 0 Å². The van der Waals surface area contributed by atoms with Crippen LogP contribution in [0.15, 0.2) is 24.3 Å². The van der Waals surface area contributed by atoms with Gasteiger partial charge in [-0.25, -0.2) is 0 Å². The smallest absolute Gasteiger partial charge is 0.122 e. The van der Waals surface area contributed by atoms with E-state index in [4.69, 9.17) is 14.2 Å². The van der Waals surface area contributed by atoms with E-state index in [9.17, 15) is 5.11 Å². The molecule has 114 valence electrons. The van der Waals surface area contributed by atoms with Crippen molar-refractivity contribution < 1.29 is 19.3 Å².